The summed E-state index contributed by atoms with van der Waals surface area (Å²) in [5.74, 6) is 0.480. The minimum absolute atomic E-state index is 0.152. The van der Waals surface area contributed by atoms with Crippen LogP contribution in [-0.2, 0) is 0 Å². The number of hydrogen-bond donors (Lipinski definition) is 2. The van der Waals surface area contributed by atoms with Crippen LogP contribution in [0.25, 0.3) is 0 Å². The Morgan fingerprint density at radius 2 is 2.10 bits per heavy atom. The zero-order valence-electron chi connectivity index (χ0n) is 11.7. The molecule has 0 heterocycles. The molecule has 2 atom stereocenters. The number of aliphatic hydroxyl groups is 1. The average molecular weight is 333 g/mol. The van der Waals surface area contributed by atoms with E-state index in [0.717, 1.165) is 25.7 Å². The number of rotatable bonds is 4. The van der Waals surface area contributed by atoms with E-state index in [1.807, 2.05) is 0 Å². The van der Waals surface area contributed by atoms with E-state index in [-0.39, 0.29) is 15.7 Å². The predicted molar refractivity (Wildman–Crippen MR) is 84.2 cm³/mol. The number of nitro benzene ring substituents is 1. The molecule has 5 nitrogen and oxygen atoms in total. The van der Waals surface area contributed by atoms with Gasteiger partial charge in [0, 0.05) is 18.7 Å². The van der Waals surface area contributed by atoms with Crippen LogP contribution in [0.2, 0.25) is 10.0 Å². The highest BCUT2D eigenvalue weighted by Gasteiger charge is 2.32. The highest BCUT2D eigenvalue weighted by atomic mass is 35.5. The molecule has 0 amide bonds. The number of anilines is 1. The quantitative estimate of drug-likeness (QED) is 0.638. The number of non-ortho nitro benzene ring substituents is 1. The van der Waals surface area contributed by atoms with Crippen LogP contribution < -0.4 is 5.32 Å². The Hall–Kier alpha value is -1.04. The van der Waals surface area contributed by atoms with Gasteiger partial charge < -0.3 is 10.4 Å². The SMILES string of the molecule is CC1CCCC(O)(CNc2c(Cl)cc([N+](=O)[O-])cc2Cl)C1. The maximum absolute atomic E-state index is 10.7. The molecule has 1 aromatic rings. The van der Waals surface area contributed by atoms with Gasteiger partial charge >= 0.3 is 0 Å². The predicted octanol–water partition coefficient (Wildman–Crippen LogP) is 4.25. The molecule has 1 aliphatic carbocycles. The number of nitrogens with one attached hydrogen (secondary N) is 1. The van der Waals surface area contributed by atoms with Crippen LogP contribution in [-0.4, -0.2) is 22.2 Å². The number of nitro groups is 1. The van der Waals surface area contributed by atoms with Crippen molar-refractivity contribution in [3.8, 4) is 0 Å². The van der Waals surface area contributed by atoms with Gasteiger partial charge in [-0.15, -0.1) is 0 Å². The molecule has 2 unspecified atom stereocenters. The molecule has 1 aromatic carbocycles. The first kappa shape index (κ1) is 16.3. The molecule has 0 bridgehead atoms. The van der Waals surface area contributed by atoms with Crippen molar-refractivity contribution >= 4 is 34.6 Å². The summed E-state index contributed by atoms with van der Waals surface area (Å²) in [5, 5.41) is 24.7. The fourth-order valence-electron chi connectivity index (χ4n) is 2.88. The van der Waals surface area contributed by atoms with Crippen LogP contribution in [0.1, 0.15) is 32.6 Å². The van der Waals surface area contributed by atoms with Gasteiger partial charge in [-0.1, -0.05) is 43.0 Å². The lowest BCUT2D eigenvalue weighted by Crippen LogP contribution is -2.41. The highest BCUT2D eigenvalue weighted by molar-refractivity contribution is 6.39. The van der Waals surface area contributed by atoms with Crippen LogP contribution in [0, 0.1) is 16.0 Å². The number of benzene rings is 1. The molecular formula is C14H18Cl2N2O3. The van der Waals surface area contributed by atoms with E-state index in [9.17, 15) is 15.2 Å². The Bertz CT molecular complexity index is 530. The fourth-order valence-corrected chi connectivity index (χ4v) is 3.49. The normalized spacial score (nSPS) is 25.6. The third-order valence-corrected chi connectivity index (χ3v) is 4.50. The van der Waals surface area contributed by atoms with Gasteiger partial charge in [0.2, 0.25) is 0 Å². The Morgan fingerprint density at radius 1 is 1.48 bits per heavy atom. The molecule has 1 fully saturated rings. The first-order valence-electron chi connectivity index (χ1n) is 6.90. The molecule has 21 heavy (non-hydrogen) atoms. The van der Waals surface area contributed by atoms with Crippen molar-refractivity contribution in [1.82, 2.24) is 0 Å². The van der Waals surface area contributed by atoms with Gasteiger partial charge in [0.1, 0.15) is 0 Å². The fraction of sp³-hybridized carbons (Fsp3) is 0.571. The molecular weight excluding hydrogens is 315 g/mol. The van der Waals surface area contributed by atoms with E-state index in [1.165, 1.54) is 12.1 Å². The van der Waals surface area contributed by atoms with Crippen LogP contribution in [0.3, 0.4) is 0 Å². The average Bonchev–Trinajstić information content (AvgIpc) is 2.36. The van der Waals surface area contributed by atoms with Crippen molar-refractivity contribution in [3.05, 3.63) is 32.3 Å². The zero-order valence-corrected chi connectivity index (χ0v) is 13.2. The molecule has 2 rings (SSSR count). The second-order valence-corrected chi connectivity index (χ2v) is 6.64. The Labute approximate surface area is 133 Å². The topological polar surface area (TPSA) is 75.4 Å². The molecule has 1 saturated carbocycles. The lowest BCUT2D eigenvalue weighted by atomic mass is 9.79. The van der Waals surface area contributed by atoms with Gasteiger partial charge in [0.15, 0.2) is 0 Å². The van der Waals surface area contributed by atoms with Gasteiger partial charge in [-0.05, 0) is 18.8 Å². The van der Waals surface area contributed by atoms with Gasteiger partial charge in [-0.25, -0.2) is 0 Å². The maximum Gasteiger partial charge on any atom is 0.272 e. The lowest BCUT2D eigenvalue weighted by molar-refractivity contribution is -0.384. The standard InChI is InChI=1S/C14H18Cl2N2O3/c1-9-3-2-4-14(19,7-9)8-17-13-11(15)5-10(18(20)21)6-12(13)16/h5-6,9,17,19H,2-4,7-8H2,1H3. The Balaban J connectivity index is 2.11. The summed E-state index contributed by atoms with van der Waals surface area (Å²) in [5.41, 5.74) is -0.511. The number of hydrogen-bond acceptors (Lipinski definition) is 4. The van der Waals surface area contributed by atoms with Crippen molar-refractivity contribution in [2.75, 3.05) is 11.9 Å². The number of nitrogens with zero attached hydrogens (tertiary/aromatic N) is 1. The summed E-state index contributed by atoms with van der Waals surface area (Å²) in [6.45, 7) is 2.45. The zero-order chi connectivity index (χ0) is 15.6. The van der Waals surface area contributed by atoms with E-state index in [2.05, 4.69) is 12.2 Å². The Morgan fingerprint density at radius 3 is 2.62 bits per heavy atom. The minimum Gasteiger partial charge on any atom is -0.388 e. The van der Waals surface area contributed by atoms with Crippen molar-refractivity contribution in [2.45, 2.75) is 38.2 Å². The molecule has 1 aliphatic rings. The van der Waals surface area contributed by atoms with Crippen LogP contribution in [0.15, 0.2) is 12.1 Å². The summed E-state index contributed by atoms with van der Waals surface area (Å²) in [7, 11) is 0. The third-order valence-electron chi connectivity index (χ3n) is 3.90. The van der Waals surface area contributed by atoms with Crippen LogP contribution in [0.5, 0.6) is 0 Å². The summed E-state index contributed by atoms with van der Waals surface area (Å²) < 4.78 is 0. The molecule has 2 N–H and O–H groups in total. The highest BCUT2D eigenvalue weighted by Crippen LogP contribution is 2.37. The van der Waals surface area contributed by atoms with E-state index in [4.69, 9.17) is 23.2 Å². The van der Waals surface area contributed by atoms with E-state index in [0.29, 0.717) is 18.2 Å². The van der Waals surface area contributed by atoms with Crippen molar-refractivity contribution in [2.24, 2.45) is 5.92 Å². The molecule has 0 radical (unpaired) electrons. The molecule has 0 aliphatic heterocycles. The van der Waals surface area contributed by atoms with Gasteiger partial charge in [0.05, 0.1) is 26.3 Å². The van der Waals surface area contributed by atoms with Crippen molar-refractivity contribution in [1.29, 1.82) is 0 Å². The van der Waals surface area contributed by atoms with E-state index >= 15 is 0 Å². The largest absolute Gasteiger partial charge is 0.388 e. The monoisotopic (exact) mass is 332 g/mol. The van der Waals surface area contributed by atoms with E-state index < -0.39 is 10.5 Å². The first-order valence-corrected chi connectivity index (χ1v) is 7.66. The Kier molecular flexibility index (Phi) is 4.96. The van der Waals surface area contributed by atoms with Crippen LogP contribution >= 0.6 is 23.2 Å². The molecule has 0 spiro atoms. The van der Waals surface area contributed by atoms with Gasteiger partial charge in [-0.3, -0.25) is 10.1 Å². The number of halogens is 2. The van der Waals surface area contributed by atoms with E-state index in [1.54, 1.807) is 0 Å². The smallest absolute Gasteiger partial charge is 0.272 e. The van der Waals surface area contributed by atoms with Gasteiger partial charge in [0.25, 0.3) is 5.69 Å². The second-order valence-electron chi connectivity index (χ2n) is 5.82. The third kappa shape index (κ3) is 3.99. The van der Waals surface area contributed by atoms with Crippen LogP contribution in [0.4, 0.5) is 11.4 Å². The summed E-state index contributed by atoms with van der Waals surface area (Å²) in [6, 6.07) is 2.51. The molecule has 7 heteroatoms. The van der Waals surface area contributed by atoms with Gasteiger partial charge in [-0.2, -0.15) is 0 Å². The van der Waals surface area contributed by atoms with Crippen molar-refractivity contribution < 1.29 is 10.0 Å². The minimum atomic E-state index is -0.786. The summed E-state index contributed by atoms with van der Waals surface area (Å²) in [6.07, 6.45) is 3.57. The summed E-state index contributed by atoms with van der Waals surface area (Å²) >= 11 is 12.1. The maximum atomic E-state index is 10.7. The second kappa shape index (κ2) is 6.38. The first-order chi connectivity index (χ1) is 9.81. The lowest BCUT2D eigenvalue weighted by Gasteiger charge is -2.36. The molecule has 0 aromatic heterocycles. The molecule has 0 saturated heterocycles. The van der Waals surface area contributed by atoms with Crippen molar-refractivity contribution in [3.63, 3.8) is 0 Å². The summed E-state index contributed by atoms with van der Waals surface area (Å²) in [4.78, 5) is 10.2. The molecule has 116 valence electrons.